The van der Waals surface area contributed by atoms with Gasteiger partial charge in [-0.05, 0) is 17.5 Å². The number of hydrogen-bond acceptors (Lipinski definition) is 3. The average Bonchev–Trinajstić information content (AvgIpc) is 2.67. The van der Waals surface area contributed by atoms with Crippen LogP contribution in [0.4, 0.5) is 0 Å². The summed E-state index contributed by atoms with van der Waals surface area (Å²) in [6.45, 7) is 5.40. The highest BCUT2D eigenvalue weighted by atomic mass is 16.5. The number of methoxy groups -OCH3 is 1. The third-order valence-electron chi connectivity index (χ3n) is 4.14. The minimum atomic E-state index is 0.432. The Morgan fingerprint density at radius 2 is 2.00 bits per heavy atom. The summed E-state index contributed by atoms with van der Waals surface area (Å²) in [6, 6.07) is 14.8. The van der Waals surface area contributed by atoms with Crippen LogP contribution in [0.2, 0.25) is 0 Å². The Hall–Kier alpha value is -1.87. The molecule has 0 aliphatic carbocycles. The van der Waals surface area contributed by atoms with Gasteiger partial charge in [-0.15, -0.1) is 0 Å². The molecule has 0 saturated carbocycles. The predicted molar refractivity (Wildman–Crippen MR) is 84.6 cm³/mol. The minimum absolute atomic E-state index is 0.432. The van der Waals surface area contributed by atoms with E-state index in [1.54, 1.807) is 7.11 Å². The van der Waals surface area contributed by atoms with Gasteiger partial charge in [0, 0.05) is 31.6 Å². The molecule has 0 fully saturated rings. The van der Waals surface area contributed by atoms with Crippen LogP contribution in [0.3, 0.4) is 0 Å². The molecule has 3 nitrogen and oxygen atoms in total. The molecule has 1 atom stereocenters. The van der Waals surface area contributed by atoms with Crippen LogP contribution in [0.25, 0.3) is 0 Å². The maximum atomic E-state index is 5.27. The Kier molecular flexibility index (Phi) is 4.20. The first kappa shape index (κ1) is 14.1. The number of fused-ring (bicyclic) bond motifs is 1. The fourth-order valence-electron chi connectivity index (χ4n) is 3.07. The van der Waals surface area contributed by atoms with Crippen LogP contribution in [0, 0.1) is 0 Å². The van der Waals surface area contributed by atoms with Crippen LogP contribution in [0.1, 0.15) is 29.7 Å². The zero-order chi connectivity index (χ0) is 14.7. The van der Waals surface area contributed by atoms with Crippen molar-refractivity contribution >= 4 is 0 Å². The number of pyridine rings is 1. The lowest BCUT2D eigenvalue weighted by Crippen LogP contribution is -2.27. The van der Waals surface area contributed by atoms with Gasteiger partial charge < -0.3 is 4.74 Å². The van der Waals surface area contributed by atoms with Crippen molar-refractivity contribution in [1.29, 1.82) is 0 Å². The van der Waals surface area contributed by atoms with Crippen molar-refractivity contribution in [2.24, 2.45) is 0 Å². The number of hydrogen-bond donors (Lipinski definition) is 0. The van der Waals surface area contributed by atoms with E-state index in [0.29, 0.717) is 5.92 Å². The summed E-state index contributed by atoms with van der Waals surface area (Å²) in [4.78, 5) is 7.19. The summed E-state index contributed by atoms with van der Waals surface area (Å²) in [5.74, 6) is 1.15. The zero-order valence-corrected chi connectivity index (χ0v) is 12.7. The Morgan fingerprint density at radius 3 is 2.76 bits per heavy atom. The van der Waals surface area contributed by atoms with E-state index in [0.717, 1.165) is 31.9 Å². The van der Waals surface area contributed by atoms with Crippen LogP contribution in [-0.4, -0.2) is 30.1 Å². The molecule has 3 heteroatoms. The largest absolute Gasteiger partial charge is 0.481 e. The van der Waals surface area contributed by atoms with E-state index in [9.17, 15) is 0 Å². The molecule has 1 aromatic heterocycles. The summed E-state index contributed by atoms with van der Waals surface area (Å²) in [5.41, 5.74) is 3.94. The second-order valence-electron chi connectivity index (χ2n) is 5.77. The van der Waals surface area contributed by atoms with Gasteiger partial charge in [0.15, 0.2) is 0 Å². The van der Waals surface area contributed by atoms with Crippen LogP contribution < -0.4 is 4.74 Å². The molecule has 0 spiro atoms. The number of rotatable bonds is 3. The maximum absolute atomic E-state index is 5.27. The molecule has 1 aromatic carbocycles. The first-order valence-corrected chi connectivity index (χ1v) is 7.56. The molecule has 1 aliphatic heterocycles. The fraction of sp³-hybridized carbons (Fsp3) is 0.389. The molecule has 21 heavy (non-hydrogen) atoms. The van der Waals surface area contributed by atoms with Crippen LogP contribution in [0.5, 0.6) is 5.88 Å². The molecule has 110 valence electrons. The van der Waals surface area contributed by atoms with E-state index in [4.69, 9.17) is 4.74 Å². The Labute approximate surface area is 126 Å². The Morgan fingerprint density at radius 1 is 1.19 bits per heavy atom. The lowest BCUT2D eigenvalue weighted by atomic mass is 10.0. The first-order valence-electron chi connectivity index (χ1n) is 7.56. The molecule has 0 bridgehead atoms. The van der Waals surface area contributed by atoms with Crippen LogP contribution >= 0.6 is 0 Å². The molecule has 0 saturated heterocycles. The predicted octanol–water partition coefficient (Wildman–Crippen LogP) is 3.25. The van der Waals surface area contributed by atoms with Crippen molar-refractivity contribution < 1.29 is 4.74 Å². The summed E-state index contributed by atoms with van der Waals surface area (Å²) in [5, 5.41) is 0. The van der Waals surface area contributed by atoms with Gasteiger partial charge in [-0.25, -0.2) is 4.98 Å². The van der Waals surface area contributed by atoms with Gasteiger partial charge >= 0.3 is 0 Å². The summed E-state index contributed by atoms with van der Waals surface area (Å²) < 4.78 is 5.27. The van der Waals surface area contributed by atoms with Crippen molar-refractivity contribution in [1.82, 2.24) is 9.88 Å². The first-order chi connectivity index (χ1) is 10.3. The molecular formula is C18H22N2O. The van der Waals surface area contributed by atoms with Gasteiger partial charge in [-0.3, -0.25) is 4.90 Å². The van der Waals surface area contributed by atoms with Gasteiger partial charge in [-0.1, -0.05) is 43.3 Å². The van der Waals surface area contributed by atoms with E-state index in [-0.39, 0.29) is 0 Å². The lowest BCUT2D eigenvalue weighted by molar-refractivity contribution is 0.263. The standard InChI is InChI=1S/C18H22N2O/c1-14-12-20(13-15-6-4-3-5-7-15)11-10-16-8-9-17(21-2)19-18(14)16/h3-9,14H,10-13H2,1-2H3. The summed E-state index contributed by atoms with van der Waals surface area (Å²) in [7, 11) is 1.68. The second-order valence-corrected chi connectivity index (χ2v) is 5.77. The van der Waals surface area contributed by atoms with Crippen LogP contribution in [0.15, 0.2) is 42.5 Å². The van der Waals surface area contributed by atoms with E-state index >= 15 is 0 Å². The average molecular weight is 282 g/mol. The maximum Gasteiger partial charge on any atom is 0.213 e. The van der Waals surface area contributed by atoms with Crippen molar-refractivity contribution in [2.45, 2.75) is 25.8 Å². The molecule has 1 unspecified atom stereocenters. The zero-order valence-electron chi connectivity index (χ0n) is 12.7. The van der Waals surface area contributed by atoms with Crippen molar-refractivity contribution in [2.75, 3.05) is 20.2 Å². The quantitative estimate of drug-likeness (QED) is 0.864. The van der Waals surface area contributed by atoms with Crippen LogP contribution in [-0.2, 0) is 13.0 Å². The lowest BCUT2D eigenvalue weighted by Gasteiger charge is -2.22. The monoisotopic (exact) mass is 282 g/mol. The molecule has 2 aromatic rings. The molecule has 0 N–H and O–H groups in total. The second kappa shape index (κ2) is 6.27. The van der Waals surface area contributed by atoms with Gasteiger partial charge in [0.25, 0.3) is 0 Å². The van der Waals surface area contributed by atoms with Crippen molar-refractivity contribution in [3.63, 3.8) is 0 Å². The smallest absolute Gasteiger partial charge is 0.213 e. The summed E-state index contributed by atoms with van der Waals surface area (Å²) >= 11 is 0. The van der Waals surface area contributed by atoms with Gasteiger partial charge in [-0.2, -0.15) is 0 Å². The van der Waals surface area contributed by atoms with Crippen molar-refractivity contribution in [3.05, 3.63) is 59.3 Å². The van der Waals surface area contributed by atoms with Gasteiger partial charge in [0.05, 0.1) is 12.8 Å². The molecule has 0 radical (unpaired) electrons. The fourth-order valence-corrected chi connectivity index (χ4v) is 3.07. The van der Waals surface area contributed by atoms with E-state index < -0.39 is 0 Å². The van der Waals surface area contributed by atoms with Gasteiger partial charge in [0.2, 0.25) is 5.88 Å². The van der Waals surface area contributed by atoms with E-state index in [2.05, 4.69) is 53.2 Å². The number of ether oxygens (including phenoxy) is 1. The van der Waals surface area contributed by atoms with E-state index in [1.165, 1.54) is 16.8 Å². The molecule has 3 rings (SSSR count). The third-order valence-corrected chi connectivity index (χ3v) is 4.14. The Balaban J connectivity index is 1.76. The molecule has 2 heterocycles. The normalized spacial score (nSPS) is 18.9. The number of benzene rings is 1. The SMILES string of the molecule is COc1ccc2c(n1)C(C)CN(Cc1ccccc1)CC2. The Bertz CT molecular complexity index is 597. The van der Waals surface area contributed by atoms with E-state index in [1.807, 2.05) is 6.07 Å². The molecular weight excluding hydrogens is 260 g/mol. The highest BCUT2D eigenvalue weighted by Gasteiger charge is 2.21. The highest BCUT2D eigenvalue weighted by molar-refractivity contribution is 5.30. The van der Waals surface area contributed by atoms with Crippen molar-refractivity contribution in [3.8, 4) is 5.88 Å². The number of nitrogens with zero attached hydrogens (tertiary/aromatic N) is 2. The highest BCUT2D eigenvalue weighted by Crippen LogP contribution is 2.26. The summed E-state index contributed by atoms with van der Waals surface area (Å²) in [6.07, 6.45) is 1.06. The topological polar surface area (TPSA) is 25.4 Å². The molecule has 1 aliphatic rings. The third kappa shape index (κ3) is 3.24. The molecule has 0 amide bonds. The number of aromatic nitrogens is 1. The minimum Gasteiger partial charge on any atom is -0.481 e. The van der Waals surface area contributed by atoms with Gasteiger partial charge in [0.1, 0.15) is 0 Å².